The molecule has 0 unspecified atom stereocenters. The molecule has 2 aliphatic heterocycles. The minimum Gasteiger partial charge on any atom is -0.370 e. The molecule has 1 atom stereocenters. The number of carbonyl (C=O) groups excluding carboxylic acids is 1. The molecule has 0 N–H and O–H groups in total. The molecule has 0 radical (unpaired) electrons. The number of hydrogen-bond donors (Lipinski definition) is 0. The largest absolute Gasteiger partial charge is 0.370 e. The molecule has 32 heavy (non-hydrogen) atoms. The third-order valence-electron chi connectivity index (χ3n) is 7.29. The van der Waals surface area contributed by atoms with Gasteiger partial charge in [-0.2, -0.15) is 4.31 Å². The van der Waals surface area contributed by atoms with Gasteiger partial charge in [-0.3, -0.25) is 9.69 Å². The summed E-state index contributed by atoms with van der Waals surface area (Å²) in [5.74, 6) is 0.0101. The maximum absolute atomic E-state index is 13.4. The van der Waals surface area contributed by atoms with Gasteiger partial charge in [0.1, 0.15) is 6.61 Å². The lowest BCUT2D eigenvalue weighted by atomic mass is 9.91. The van der Waals surface area contributed by atoms with Crippen molar-refractivity contribution in [1.29, 1.82) is 0 Å². The lowest BCUT2D eigenvalue weighted by Gasteiger charge is -2.42. The Morgan fingerprint density at radius 3 is 2.22 bits per heavy atom. The number of piperazine rings is 1. The average Bonchev–Trinajstić information content (AvgIpc) is 3.15. The monoisotopic (exact) mass is 463 g/mol. The van der Waals surface area contributed by atoms with Crippen molar-refractivity contribution >= 4 is 15.9 Å². The topological polar surface area (TPSA) is 70.2 Å². The highest BCUT2D eigenvalue weighted by atomic mass is 32.2. The maximum Gasteiger partial charge on any atom is 0.248 e. The molecule has 7 nitrogen and oxygen atoms in total. The van der Waals surface area contributed by atoms with Crippen molar-refractivity contribution in [3.05, 3.63) is 28.8 Å². The van der Waals surface area contributed by atoms with Gasteiger partial charge in [-0.05, 0) is 57.6 Å². The molecule has 1 aliphatic carbocycles. The summed E-state index contributed by atoms with van der Waals surface area (Å²) >= 11 is 0. The molecule has 1 saturated carbocycles. The van der Waals surface area contributed by atoms with E-state index in [0.717, 1.165) is 61.8 Å². The van der Waals surface area contributed by atoms with Gasteiger partial charge >= 0.3 is 0 Å². The van der Waals surface area contributed by atoms with Gasteiger partial charge < -0.3 is 9.64 Å². The van der Waals surface area contributed by atoms with Gasteiger partial charge in [-0.15, -0.1) is 0 Å². The second kappa shape index (κ2) is 9.79. The van der Waals surface area contributed by atoms with E-state index < -0.39 is 10.0 Å². The molecule has 178 valence electrons. The number of benzene rings is 1. The average molecular weight is 464 g/mol. The minimum atomic E-state index is -3.60. The molecule has 1 aromatic carbocycles. The molecule has 3 aliphatic rings. The van der Waals surface area contributed by atoms with Crippen molar-refractivity contribution in [1.82, 2.24) is 14.1 Å². The van der Waals surface area contributed by atoms with E-state index in [4.69, 9.17) is 4.74 Å². The number of nitrogens with zero attached hydrogens (tertiary/aromatic N) is 3. The predicted octanol–water partition coefficient (Wildman–Crippen LogP) is 2.48. The van der Waals surface area contributed by atoms with Crippen LogP contribution in [0.3, 0.4) is 0 Å². The van der Waals surface area contributed by atoms with Crippen LogP contribution in [0.25, 0.3) is 0 Å². The van der Waals surface area contributed by atoms with Crippen LogP contribution in [0.4, 0.5) is 0 Å². The van der Waals surface area contributed by atoms with Crippen LogP contribution in [0.15, 0.2) is 17.0 Å². The number of aryl methyl sites for hydroxylation is 3. The van der Waals surface area contributed by atoms with Crippen molar-refractivity contribution in [2.24, 2.45) is 0 Å². The van der Waals surface area contributed by atoms with E-state index in [1.165, 1.54) is 19.3 Å². The normalized spacial score (nSPS) is 23.5. The molecule has 0 aromatic heterocycles. The zero-order valence-corrected chi connectivity index (χ0v) is 20.5. The highest BCUT2D eigenvalue weighted by Gasteiger charge is 2.37. The van der Waals surface area contributed by atoms with Crippen LogP contribution < -0.4 is 0 Å². The summed E-state index contributed by atoms with van der Waals surface area (Å²) in [4.78, 5) is 17.4. The van der Waals surface area contributed by atoms with Gasteiger partial charge in [0.05, 0.1) is 11.5 Å². The third-order valence-corrected chi connectivity index (χ3v) is 9.55. The summed E-state index contributed by atoms with van der Waals surface area (Å²) in [6.07, 6.45) is 5.49. The van der Waals surface area contributed by atoms with E-state index in [9.17, 15) is 13.2 Å². The Kier molecular flexibility index (Phi) is 7.24. The highest BCUT2D eigenvalue weighted by molar-refractivity contribution is 7.89. The molecule has 0 spiro atoms. The zero-order chi connectivity index (χ0) is 22.9. The van der Waals surface area contributed by atoms with Gasteiger partial charge in [0.15, 0.2) is 0 Å². The molecular weight excluding hydrogens is 426 g/mol. The summed E-state index contributed by atoms with van der Waals surface area (Å²) in [6, 6.07) is 4.35. The van der Waals surface area contributed by atoms with Crippen LogP contribution in [-0.2, 0) is 19.6 Å². The predicted molar refractivity (Wildman–Crippen MR) is 124 cm³/mol. The summed E-state index contributed by atoms with van der Waals surface area (Å²) in [5.41, 5.74) is 2.63. The van der Waals surface area contributed by atoms with Crippen LogP contribution in [0.1, 0.15) is 48.8 Å². The fourth-order valence-corrected chi connectivity index (χ4v) is 7.54. The number of hydrogen-bond acceptors (Lipinski definition) is 5. The lowest BCUT2D eigenvalue weighted by molar-refractivity contribution is -0.138. The van der Waals surface area contributed by atoms with Crippen molar-refractivity contribution < 1.29 is 17.9 Å². The highest BCUT2D eigenvalue weighted by Crippen LogP contribution is 2.31. The van der Waals surface area contributed by atoms with E-state index >= 15 is 0 Å². The van der Waals surface area contributed by atoms with E-state index in [-0.39, 0.29) is 25.2 Å². The Bertz CT molecular complexity index is 914. The summed E-state index contributed by atoms with van der Waals surface area (Å²) in [7, 11) is -3.60. The molecule has 1 amide bonds. The van der Waals surface area contributed by atoms with Crippen molar-refractivity contribution in [2.75, 3.05) is 45.9 Å². The van der Waals surface area contributed by atoms with Crippen molar-refractivity contribution in [3.63, 3.8) is 0 Å². The van der Waals surface area contributed by atoms with Crippen LogP contribution in [0.2, 0.25) is 0 Å². The zero-order valence-electron chi connectivity index (χ0n) is 19.7. The Morgan fingerprint density at radius 2 is 1.62 bits per heavy atom. The second-order valence-corrected chi connectivity index (χ2v) is 11.5. The molecular formula is C24H37N3O4S. The Balaban J connectivity index is 1.30. The smallest absolute Gasteiger partial charge is 0.248 e. The molecule has 2 heterocycles. The number of ether oxygens (including phenoxy) is 1. The van der Waals surface area contributed by atoms with E-state index in [0.29, 0.717) is 11.4 Å². The second-order valence-electron chi connectivity index (χ2n) is 9.66. The Morgan fingerprint density at radius 1 is 0.969 bits per heavy atom. The fourth-order valence-electron chi connectivity index (χ4n) is 5.45. The molecule has 8 heteroatoms. The molecule has 2 saturated heterocycles. The third kappa shape index (κ3) is 4.88. The lowest BCUT2D eigenvalue weighted by Crippen LogP contribution is -2.54. The quantitative estimate of drug-likeness (QED) is 0.621. The van der Waals surface area contributed by atoms with Crippen LogP contribution in [-0.4, -0.2) is 86.5 Å². The summed E-state index contributed by atoms with van der Waals surface area (Å²) in [6.45, 7) is 9.89. The molecule has 1 aromatic rings. The number of amides is 1. The number of carbonyl (C=O) groups is 1. The van der Waals surface area contributed by atoms with E-state index in [1.807, 2.05) is 37.8 Å². The van der Waals surface area contributed by atoms with Crippen LogP contribution in [0, 0.1) is 20.8 Å². The van der Waals surface area contributed by atoms with Gasteiger partial charge in [-0.1, -0.05) is 24.1 Å². The molecule has 4 rings (SSSR count). The van der Waals surface area contributed by atoms with Crippen molar-refractivity contribution in [2.45, 2.75) is 69.9 Å². The first-order chi connectivity index (χ1) is 15.3. The first-order valence-corrected chi connectivity index (χ1v) is 13.4. The Labute approximate surface area is 192 Å². The number of sulfonamides is 1. The van der Waals surface area contributed by atoms with Crippen molar-refractivity contribution in [3.8, 4) is 0 Å². The molecule has 3 fully saturated rings. The summed E-state index contributed by atoms with van der Waals surface area (Å²) in [5, 5.41) is 0. The summed E-state index contributed by atoms with van der Waals surface area (Å²) < 4.78 is 34.2. The fraction of sp³-hybridized carbons (Fsp3) is 0.708. The van der Waals surface area contributed by atoms with Gasteiger partial charge in [-0.25, -0.2) is 8.42 Å². The first kappa shape index (κ1) is 23.7. The maximum atomic E-state index is 13.4. The SMILES string of the molecule is Cc1cc(C)c(S(=O)(=O)N2CCC[C@H]2COCC(=O)N2CCN(C3CCC3)CC2)c(C)c1. The van der Waals surface area contributed by atoms with E-state index in [2.05, 4.69) is 4.90 Å². The standard InChI is InChI=1S/C24H37N3O4S/c1-18-14-19(2)24(20(3)15-18)32(29,30)27-9-5-8-22(27)16-31-17-23(28)26-12-10-25(11-13-26)21-6-4-7-21/h14-15,21-22H,4-13,16-17H2,1-3H3/t22-/m0/s1. The first-order valence-electron chi connectivity index (χ1n) is 12.0. The van der Waals surface area contributed by atoms with Crippen LogP contribution in [0.5, 0.6) is 0 Å². The van der Waals surface area contributed by atoms with Gasteiger partial charge in [0.2, 0.25) is 15.9 Å². The molecule has 0 bridgehead atoms. The van der Waals surface area contributed by atoms with Gasteiger partial charge in [0, 0.05) is 44.8 Å². The minimum absolute atomic E-state index is 0.0101. The van der Waals surface area contributed by atoms with E-state index in [1.54, 1.807) is 4.31 Å². The Hall–Kier alpha value is -1.48. The van der Waals surface area contributed by atoms with Gasteiger partial charge in [0.25, 0.3) is 0 Å². The number of rotatable bonds is 7. The van der Waals surface area contributed by atoms with Crippen LogP contribution >= 0.6 is 0 Å².